The molecule has 0 saturated heterocycles. The number of carbonyl (C=O) groups excluding carboxylic acids is 1. The van der Waals surface area contributed by atoms with Gasteiger partial charge in [-0.25, -0.2) is 0 Å². The summed E-state index contributed by atoms with van der Waals surface area (Å²) in [4.78, 5) is 11.0. The van der Waals surface area contributed by atoms with Crippen LogP contribution >= 0.6 is 0 Å². The summed E-state index contributed by atoms with van der Waals surface area (Å²) < 4.78 is 87.2. The summed E-state index contributed by atoms with van der Waals surface area (Å²) in [6, 6.07) is 1.24. The van der Waals surface area contributed by atoms with Gasteiger partial charge in [0.25, 0.3) is 0 Å². The van der Waals surface area contributed by atoms with Crippen LogP contribution in [0.1, 0.15) is 29.7 Å². The number of carbonyl (C=O) groups is 1. The van der Waals surface area contributed by atoms with E-state index in [2.05, 4.69) is 0 Å². The maximum absolute atomic E-state index is 12.8. The number of hydrogen-bond donors (Lipinski definition) is 0. The summed E-state index contributed by atoms with van der Waals surface area (Å²) in [5, 5.41) is 0. The molecule has 0 N–H and O–H groups in total. The van der Waals surface area contributed by atoms with Crippen molar-refractivity contribution in [2.24, 2.45) is 0 Å². The van der Waals surface area contributed by atoms with Crippen LogP contribution < -0.4 is 0 Å². The molecule has 2 rings (SSSR count). The van der Waals surface area contributed by atoms with Crippen molar-refractivity contribution in [2.75, 3.05) is 6.61 Å². The van der Waals surface area contributed by atoms with Crippen LogP contribution in [0.4, 0.5) is 26.3 Å². The van der Waals surface area contributed by atoms with Crippen LogP contribution in [0.3, 0.4) is 0 Å². The van der Waals surface area contributed by atoms with Crippen molar-refractivity contribution >= 4 is 5.78 Å². The third-order valence-corrected chi connectivity index (χ3v) is 3.25. The molecule has 1 aliphatic heterocycles. The Morgan fingerprint density at radius 2 is 1.62 bits per heavy atom. The Labute approximate surface area is 132 Å². The highest BCUT2D eigenvalue weighted by atomic mass is 19.4. The van der Waals surface area contributed by atoms with Gasteiger partial charge in [0.2, 0.25) is 0 Å². The van der Waals surface area contributed by atoms with Gasteiger partial charge in [-0.1, -0.05) is 0 Å². The van der Waals surface area contributed by atoms with E-state index in [0.717, 1.165) is 0 Å². The van der Waals surface area contributed by atoms with Gasteiger partial charge in [0, 0.05) is 0 Å². The fourth-order valence-electron chi connectivity index (χ4n) is 2.03. The molecule has 24 heavy (non-hydrogen) atoms. The first kappa shape index (κ1) is 18.5. The number of halogens is 6. The van der Waals surface area contributed by atoms with E-state index in [1.807, 2.05) is 0 Å². The Morgan fingerprint density at radius 1 is 1.08 bits per heavy atom. The molecular weight excluding hydrogens is 342 g/mol. The summed E-state index contributed by atoms with van der Waals surface area (Å²) in [6.45, 7) is 1.02. The van der Waals surface area contributed by atoms with E-state index in [0.29, 0.717) is 12.1 Å². The lowest BCUT2D eigenvalue weighted by molar-refractivity contribution is -0.156. The van der Waals surface area contributed by atoms with Crippen LogP contribution in [0.25, 0.3) is 0 Å². The van der Waals surface area contributed by atoms with E-state index in [1.54, 1.807) is 0 Å². The topological polar surface area (TPSA) is 35.5 Å². The molecular formula is C15H12F6O3. The number of ketones is 1. The normalized spacial score (nSPS) is 20.3. The van der Waals surface area contributed by atoms with Gasteiger partial charge >= 0.3 is 12.4 Å². The second kappa shape index (κ2) is 6.56. The monoisotopic (exact) mass is 354 g/mol. The highest BCUT2D eigenvalue weighted by Gasteiger charge is 2.37. The third kappa shape index (κ3) is 4.57. The summed E-state index contributed by atoms with van der Waals surface area (Å²) in [5.41, 5.74) is -3.14. The minimum Gasteiger partial charge on any atom is -0.341 e. The Bertz CT molecular complexity index is 615. The zero-order valence-corrected chi connectivity index (χ0v) is 12.2. The maximum atomic E-state index is 12.8. The molecule has 0 spiro atoms. The quantitative estimate of drug-likeness (QED) is 0.760. The van der Waals surface area contributed by atoms with Gasteiger partial charge in [0.05, 0.1) is 17.2 Å². The van der Waals surface area contributed by atoms with Gasteiger partial charge in [-0.15, -0.1) is 0 Å². The zero-order valence-electron chi connectivity index (χ0n) is 12.2. The average Bonchev–Trinajstić information content (AvgIpc) is 2.47. The van der Waals surface area contributed by atoms with E-state index in [1.165, 1.54) is 19.1 Å². The van der Waals surface area contributed by atoms with Crippen molar-refractivity contribution in [2.45, 2.75) is 31.7 Å². The summed E-state index contributed by atoms with van der Waals surface area (Å²) >= 11 is 0. The summed E-state index contributed by atoms with van der Waals surface area (Å²) in [5.74, 6) is -0.319. The lowest BCUT2D eigenvalue weighted by Gasteiger charge is -2.23. The Morgan fingerprint density at radius 3 is 2.04 bits per heavy atom. The van der Waals surface area contributed by atoms with Crippen LogP contribution in [-0.4, -0.2) is 18.7 Å². The SMILES string of the molecule is C[C@@H](O[C@@H]1C=CC(=O)CO1)c1cc(C(F)(F)F)cc(C(F)(F)F)c1. The standard InChI is InChI=1S/C15H12F6O3/c1-8(24-13-3-2-12(22)7-23-13)9-4-10(14(16,17)18)6-11(5-9)15(19,20)21/h2-6,8,13H,7H2,1H3/t8-,13-/m1/s1. The van der Waals surface area contributed by atoms with Crippen molar-refractivity contribution in [3.8, 4) is 0 Å². The van der Waals surface area contributed by atoms with E-state index in [-0.39, 0.29) is 24.0 Å². The fraction of sp³-hybridized carbons (Fsp3) is 0.400. The van der Waals surface area contributed by atoms with Gasteiger partial charge in [0.1, 0.15) is 6.61 Å². The van der Waals surface area contributed by atoms with Crippen molar-refractivity contribution < 1.29 is 40.6 Å². The van der Waals surface area contributed by atoms with E-state index < -0.39 is 35.9 Å². The highest BCUT2D eigenvalue weighted by Crippen LogP contribution is 2.38. The predicted molar refractivity (Wildman–Crippen MR) is 69.8 cm³/mol. The number of alkyl halides is 6. The number of ether oxygens (including phenoxy) is 2. The fourth-order valence-corrected chi connectivity index (χ4v) is 2.03. The van der Waals surface area contributed by atoms with E-state index >= 15 is 0 Å². The molecule has 0 aliphatic carbocycles. The van der Waals surface area contributed by atoms with Gasteiger partial charge in [-0.3, -0.25) is 4.79 Å². The van der Waals surface area contributed by atoms with Gasteiger partial charge < -0.3 is 9.47 Å². The van der Waals surface area contributed by atoms with Gasteiger partial charge in [0.15, 0.2) is 12.1 Å². The smallest absolute Gasteiger partial charge is 0.341 e. The Hall–Kier alpha value is -1.87. The molecule has 0 bridgehead atoms. The summed E-state index contributed by atoms with van der Waals surface area (Å²) in [6.07, 6.45) is -9.58. The third-order valence-electron chi connectivity index (χ3n) is 3.25. The molecule has 132 valence electrons. The first-order chi connectivity index (χ1) is 11.0. The molecule has 0 saturated carbocycles. The Balaban J connectivity index is 2.31. The minimum atomic E-state index is -4.93. The Kier molecular flexibility index (Phi) is 5.05. The van der Waals surface area contributed by atoms with E-state index in [4.69, 9.17) is 9.47 Å². The molecule has 9 heteroatoms. The van der Waals surface area contributed by atoms with Crippen molar-refractivity contribution in [1.82, 2.24) is 0 Å². The molecule has 1 aliphatic rings. The molecule has 1 heterocycles. The highest BCUT2D eigenvalue weighted by molar-refractivity contribution is 5.91. The van der Waals surface area contributed by atoms with Crippen LogP contribution in [0.15, 0.2) is 30.4 Å². The minimum absolute atomic E-state index is 0.0475. The molecule has 1 aromatic rings. The van der Waals surface area contributed by atoms with Crippen LogP contribution in [-0.2, 0) is 26.6 Å². The molecule has 1 aromatic carbocycles. The molecule has 0 unspecified atom stereocenters. The average molecular weight is 354 g/mol. The summed E-state index contributed by atoms with van der Waals surface area (Å²) in [7, 11) is 0. The van der Waals surface area contributed by atoms with Crippen LogP contribution in [0, 0.1) is 0 Å². The lowest BCUT2D eigenvalue weighted by Crippen LogP contribution is -2.24. The molecule has 0 fully saturated rings. The predicted octanol–water partition coefficient (Wildman–Crippen LogP) is 4.28. The molecule has 2 atom stereocenters. The second-order valence-electron chi connectivity index (χ2n) is 5.12. The molecule has 0 aromatic heterocycles. The molecule has 0 radical (unpaired) electrons. The van der Waals surface area contributed by atoms with Gasteiger partial charge in [-0.05, 0) is 42.8 Å². The number of hydrogen-bond acceptors (Lipinski definition) is 3. The van der Waals surface area contributed by atoms with Crippen molar-refractivity contribution in [3.63, 3.8) is 0 Å². The van der Waals surface area contributed by atoms with Crippen molar-refractivity contribution in [3.05, 3.63) is 47.0 Å². The van der Waals surface area contributed by atoms with Crippen LogP contribution in [0.2, 0.25) is 0 Å². The van der Waals surface area contributed by atoms with E-state index in [9.17, 15) is 31.1 Å². The lowest BCUT2D eigenvalue weighted by atomic mass is 10.0. The first-order valence-corrected chi connectivity index (χ1v) is 6.74. The van der Waals surface area contributed by atoms with Crippen LogP contribution in [0.5, 0.6) is 0 Å². The number of benzene rings is 1. The zero-order chi connectivity index (χ0) is 18.1. The molecule has 0 amide bonds. The maximum Gasteiger partial charge on any atom is 0.416 e. The molecule has 3 nitrogen and oxygen atoms in total. The number of rotatable bonds is 3. The van der Waals surface area contributed by atoms with Gasteiger partial charge in [-0.2, -0.15) is 26.3 Å². The largest absolute Gasteiger partial charge is 0.416 e. The second-order valence-corrected chi connectivity index (χ2v) is 5.12. The first-order valence-electron chi connectivity index (χ1n) is 6.74. The van der Waals surface area contributed by atoms with Crippen molar-refractivity contribution in [1.29, 1.82) is 0 Å².